The first kappa shape index (κ1) is 13.2. The molecule has 0 radical (unpaired) electrons. The van der Waals surface area contributed by atoms with Gasteiger partial charge >= 0.3 is 0 Å². The van der Waals surface area contributed by atoms with Crippen LogP contribution in [0.15, 0.2) is 85.1 Å². The Hall–Kier alpha value is -2.28. The molecule has 1 heteroatoms. The van der Waals surface area contributed by atoms with Gasteiger partial charge in [-0.15, -0.1) is 6.58 Å². The fourth-order valence-electron chi connectivity index (χ4n) is 2.12. The zero-order valence-electron chi connectivity index (χ0n) is 11.3. The van der Waals surface area contributed by atoms with E-state index in [4.69, 9.17) is 0 Å². The minimum Gasteiger partial charge on any atom is -0.314 e. The van der Waals surface area contributed by atoms with Crippen molar-refractivity contribution in [1.29, 1.82) is 0 Å². The van der Waals surface area contributed by atoms with E-state index in [0.29, 0.717) is 0 Å². The van der Waals surface area contributed by atoms with E-state index < -0.39 is 0 Å². The third kappa shape index (κ3) is 3.14. The summed E-state index contributed by atoms with van der Waals surface area (Å²) in [6.07, 6.45) is 4.93. The molecule has 0 aliphatic rings. The SMILES string of the molecule is C=CCC(=CC)N(c1ccccc1)c1ccccc1. The summed E-state index contributed by atoms with van der Waals surface area (Å²) in [5, 5.41) is 0. The number of benzene rings is 2. The second-order valence-corrected chi connectivity index (χ2v) is 4.28. The average Bonchev–Trinajstić information content (AvgIpc) is 2.49. The third-order valence-electron chi connectivity index (χ3n) is 3.00. The van der Waals surface area contributed by atoms with Gasteiger partial charge in [0.25, 0.3) is 0 Å². The van der Waals surface area contributed by atoms with E-state index in [1.54, 1.807) is 0 Å². The molecule has 0 aliphatic carbocycles. The normalized spacial score (nSPS) is 11.1. The van der Waals surface area contributed by atoms with Gasteiger partial charge in [0, 0.05) is 23.5 Å². The maximum Gasteiger partial charge on any atom is 0.0458 e. The summed E-state index contributed by atoms with van der Waals surface area (Å²) in [7, 11) is 0. The van der Waals surface area contributed by atoms with E-state index in [0.717, 1.165) is 6.42 Å². The molecule has 2 rings (SSSR count). The molecule has 0 heterocycles. The van der Waals surface area contributed by atoms with Gasteiger partial charge in [0.1, 0.15) is 0 Å². The fraction of sp³-hybridized carbons (Fsp3) is 0.111. The molecule has 0 unspecified atom stereocenters. The standard InChI is InChI=1S/C18H19N/c1-3-11-16(4-2)19(17-12-7-5-8-13-17)18-14-9-6-10-15-18/h3-10,12-15H,1,11H2,2H3. The van der Waals surface area contributed by atoms with Gasteiger partial charge in [-0.1, -0.05) is 48.6 Å². The molecule has 96 valence electrons. The molecule has 0 atom stereocenters. The number of anilines is 2. The first-order valence-corrected chi connectivity index (χ1v) is 6.53. The molecular formula is C18H19N. The summed E-state index contributed by atoms with van der Waals surface area (Å²) < 4.78 is 0. The number of rotatable bonds is 5. The second-order valence-electron chi connectivity index (χ2n) is 4.28. The first-order chi connectivity index (χ1) is 9.36. The molecule has 0 saturated heterocycles. The number of nitrogens with zero attached hydrogens (tertiary/aromatic N) is 1. The van der Waals surface area contributed by atoms with Crippen molar-refractivity contribution in [3.05, 3.63) is 85.1 Å². The van der Waals surface area contributed by atoms with Crippen LogP contribution < -0.4 is 4.90 Å². The van der Waals surface area contributed by atoms with E-state index in [-0.39, 0.29) is 0 Å². The average molecular weight is 249 g/mol. The van der Waals surface area contributed by atoms with Crippen LogP contribution in [0.5, 0.6) is 0 Å². The van der Waals surface area contributed by atoms with Crippen molar-refractivity contribution in [2.75, 3.05) is 4.90 Å². The Bertz CT molecular complexity index is 501. The number of hydrogen-bond acceptors (Lipinski definition) is 1. The van der Waals surface area contributed by atoms with Crippen LogP contribution in [0, 0.1) is 0 Å². The van der Waals surface area contributed by atoms with E-state index in [2.05, 4.69) is 73.0 Å². The molecule has 0 spiro atoms. The minimum absolute atomic E-state index is 0.848. The van der Waals surface area contributed by atoms with Crippen molar-refractivity contribution in [3.8, 4) is 0 Å². The van der Waals surface area contributed by atoms with Crippen LogP contribution in [-0.2, 0) is 0 Å². The highest BCUT2D eigenvalue weighted by Gasteiger charge is 2.12. The zero-order valence-corrected chi connectivity index (χ0v) is 11.3. The molecule has 1 nitrogen and oxygen atoms in total. The lowest BCUT2D eigenvalue weighted by Crippen LogP contribution is -2.15. The van der Waals surface area contributed by atoms with Crippen molar-refractivity contribution in [1.82, 2.24) is 0 Å². The molecule has 0 amide bonds. The van der Waals surface area contributed by atoms with Gasteiger partial charge in [-0.05, 0) is 31.2 Å². The Balaban J connectivity index is 2.48. The van der Waals surface area contributed by atoms with Gasteiger partial charge in [-0.3, -0.25) is 0 Å². The first-order valence-electron chi connectivity index (χ1n) is 6.53. The van der Waals surface area contributed by atoms with Crippen LogP contribution in [0.25, 0.3) is 0 Å². The summed E-state index contributed by atoms with van der Waals surface area (Å²) in [6, 6.07) is 20.8. The van der Waals surface area contributed by atoms with Crippen molar-refractivity contribution in [2.45, 2.75) is 13.3 Å². The van der Waals surface area contributed by atoms with Crippen molar-refractivity contribution >= 4 is 11.4 Å². The Kier molecular flexibility index (Phi) is 4.57. The van der Waals surface area contributed by atoms with E-state index in [1.165, 1.54) is 17.1 Å². The second kappa shape index (κ2) is 6.60. The molecular weight excluding hydrogens is 230 g/mol. The highest BCUT2D eigenvalue weighted by Crippen LogP contribution is 2.30. The molecule has 2 aromatic rings. The number of hydrogen-bond donors (Lipinski definition) is 0. The predicted molar refractivity (Wildman–Crippen MR) is 83.6 cm³/mol. The van der Waals surface area contributed by atoms with Gasteiger partial charge in [0.05, 0.1) is 0 Å². The molecule has 19 heavy (non-hydrogen) atoms. The van der Waals surface area contributed by atoms with E-state index in [1.807, 2.05) is 18.2 Å². The molecule has 0 N–H and O–H groups in total. The maximum atomic E-state index is 3.85. The van der Waals surface area contributed by atoms with Gasteiger partial charge < -0.3 is 4.90 Å². The summed E-state index contributed by atoms with van der Waals surface area (Å²) in [4.78, 5) is 2.27. The number of para-hydroxylation sites is 2. The quantitative estimate of drug-likeness (QED) is 0.649. The van der Waals surface area contributed by atoms with Gasteiger partial charge in [0.15, 0.2) is 0 Å². The zero-order chi connectivity index (χ0) is 13.5. The maximum absolute atomic E-state index is 3.85. The van der Waals surface area contributed by atoms with Crippen LogP contribution in [0.4, 0.5) is 11.4 Å². The van der Waals surface area contributed by atoms with Crippen molar-refractivity contribution in [3.63, 3.8) is 0 Å². The Morgan fingerprint density at radius 1 is 0.947 bits per heavy atom. The van der Waals surface area contributed by atoms with Crippen LogP contribution in [-0.4, -0.2) is 0 Å². The Morgan fingerprint density at radius 3 is 1.79 bits per heavy atom. The molecule has 2 aromatic carbocycles. The highest BCUT2D eigenvalue weighted by atomic mass is 15.1. The van der Waals surface area contributed by atoms with Crippen LogP contribution in [0.1, 0.15) is 13.3 Å². The van der Waals surface area contributed by atoms with E-state index in [9.17, 15) is 0 Å². The third-order valence-corrected chi connectivity index (χ3v) is 3.00. The summed E-state index contributed by atoms with van der Waals surface area (Å²) >= 11 is 0. The predicted octanol–water partition coefficient (Wildman–Crippen LogP) is 5.30. The Morgan fingerprint density at radius 2 is 1.42 bits per heavy atom. The van der Waals surface area contributed by atoms with Crippen molar-refractivity contribution in [2.24, 2.45) is 0 Å². The molecule has 0 aromatic heterocycles. The van der Waals surface area contributed by atoms with Crippen LogP contribution in [0.3, 0.4) is 0 Å². The minimum atomic E-state index is 0.848. The van der Waals surface area contributed by atoms with Gasteiger partial charge in [0.2, 0.25) is 0 Å². The molecule has 0 fully saturated rings. The fourth-order valence-corrected chi connectivity index (χ4v) is 2.12. The van der Waals surface area contributed by atoms with Crippen LogP contribution >= 0.6 is 0 Å². The summed E-state index contributed by atoms with van der Waals surface area (Å²) in [6.45, 7) is 5.92. The lowest BCUT2D eigenvalue weighted by atomic mass is 10.1. The summed E-state index contributed by atoms with van der Waals surface area (Å²) in [5.41, 5.74) is 3.57. The lowest BCUT2D eigenvalue weighted by Gasteiger charge is -2.27. The van der Waals surface area contributed by atoms with Crippen molar-refractivity contribution < 1.29 is 0 Å². The Labute approximate surface area is 115 Å². The van der Waals surface area contributed by atoms with Crippen LogP contribution in [0.2, 0.25) is 0 Å². The molecule has 0 aliphatic heterocycles. The van der Waals surface area contributed by atoms with Gasteiger partial charge in [-0.25, -0.2) is 0 Å². The topological polar surface area (TPSA) is 3.24 Å². The smallest absolute Gasteiger partial charge is 0.0458 e. The molecule has 0 saturated carbocycles. The van der Waals surface area contributed by atoms with Gasteiger partial charge in [-0.2, -0.15) is 0 Å². The highest BCUT2D eigenvalue weighted by molar-refractivity contribution is 5.68. The number of allylic oxidation sites excluding steroid dienone is 2. The molecule has 0 bridgehead atoms. The largest absolute Gasteiger partial charge is 0.314 e. The van der Waals surface area contributed by atoms with E-state index >= 15 is 0 Å². The monoisotopic (exact) mass is 249 g/mol. The lowest BCUT2D eigenvalue weighted by molar-refractivity contribution is 1.07. The summed E-state index contributed by atoms with van der Waals surface area (Å²) in [5.74, 6) is 0.